The molecule has 1 aliphatic rings. The molecule has 2 rings (SSSR count). The number of ether oxygens (including phenoxy) is 1. The molecule has 0 heterocycles. The van der Waals surface area contributed by atoms with Crippen molar-refractivity contribution in [1.29, 1.82) is 0 Å². The molecular formula is C15H23FN2O. The van der Waals surface area contributed by atoms with Crippen LogP contribution in [0, 0.1) is 5.82 Å². The van der Waals surface area contributed by atoms with Gasteiger partial charge in [0.25, 0.3) is 0 Å². The standard InChI is InChI=1S/C15H23FN2O/c1-3-19-15-8-7-11(9-12(15)16)10-18(2)14-6-4-5-13(14)17/h7-9,13-14H,3-6,10,17H2,1-2H3. The Bertz CT molecular complexity index is 425. The molecule has 106 valence electrons. The van der Waals surface area contributed by atoms with E-state index in [0.29, 0.717) is 18.4 Å². The van der Waals surface area contributed by atoms with Crippen LogP contribution in [-0.4, -0.2) is 30.6 Å². The molecule has 1 aromatic carbocycles. The summed E-state index contributed by atoms with van der Waals surface area (Å²) < 4.78 is 19.0. The van der Waals surface area contributed by atoms with E-state index in [0.717, 1.165) is 24.9 Å². The summed E-state index contributed by atoms with van der Waals surface area (Å²) in [5, 5.41) is 0. The fourth-order valence-corrected chi connectivity index (χ4v) is 2.84. The van der Waals surface area contributed by atoms with Gasteiger partial charge in [-0.25, -0.2) is 4.39 Å². The van der Waals surface area contributed by atoms with Crippen LogP contribution in [0.5, 0.6) is 5.75 Å². The summed E-state index contributed by atoms with van der Waals surface area (Å²) in [7, 11) is 2.06. The molecule has 0 spiro atoms. The first kappa shape index (κ1) is 14.3. The molecule has 1 aliphatic carbocycles. The Kier molecular flexibility index (Phi) is 4.77. The lowest BCUT2D eigenvalue weighted by Gasteiger charge is -2.27. The predicted octanol–water partition coefficient (Wildman–Crippen LogP) is 2.54. The molecule has 1 aromatic rings. The highest BCUT2D eigenvalue weighted by atomic mass is 19.1. The molecule has 0 aromatic heterocycles. The molecule has 0 bridgehead atoms. The Labute approximate surface area is 114 Å². The monoisotopic (exact) mass is 266 g/mol. The molecule has 2 N–H and O–H groups in total. The van der Waals surface area contributed by atoms with Gasteiger partial charge in [0.15, 0.2) is 11.6 Å². The smallest absolute Gasteiger partial charge is 0.165 e. The third-order valence-electron chi connectivity index (χ3n) is 3.83. The Morgan fingerprint density at radius 2 is 2.21 bits per heavy atom. The van der Waals surface area contributed by atoms with Crippen LogP contribution in [0.25, 0.3) is 0 Å². The van der Waals surface area contributed by atoms with Gasteiger partial charge in [-0.05, 0) is 44.5 Å². The van der Waals surface area contributed by atoms with Crippen LogP contribution in [0.15, 0.2) is 18.2 Å². The third-order valence-corrected chi connectivity index (χ3v) is 3.83. The van der Waals surface area contributed by atoms with Crippen molar-refractivity contribution in [1.82, 2.24) is 4.90 Å². The van der Waals surface area contributed by atoms with Gasteiger partial charge in [-0.3, -0.25) is 4.90 Å². The van der Waals surface area contributed by atoms with Gasteiger partial charge in [0.2, 0.25) is 0 Å². The van der Waals surface area contributed by atoms with Crippen LogP contribution in [0.1, 0.15) is 31.7 Å². The lowest BCUT2D eigenvalue weighted by molar-refractivity contribution is 0.220. The molecule has 0 saturated heterocycles. The van der Waals surface area contributed by atoms with Crippen molar-refractivity contribution in [2.24, 2.45) is 5.73 Å². The largest absolute Gasteiger partial charge is 0.491 e. The van der Waals surface area contributed by atoms with Gasteiger partial charge in [0.05, 0.1) is 6.61 Å². The molecule has 0 amide bonds. The van der Waals surface area contributed by atoms with Crippen molar-refractivity contribution in [3.63, 3.8) is 0 Å². The zero-order chi connectivity index (χ0) is 13.8. The first-order valence-electron chi connectivity index (χ1n) is 6.99. The summed E-state index contributed by atoms with van der Waals surface area (Å²) >= 11 is 0. The van der Waals surface area contributed by atoms with Gasteiger partial charge >= 0.3 is 0 Å². The van der Waals surface area contributed by atoms with Crippen molar-refractivity contribution in [2.75, 3.05) is 13.7 Å². The molecule has 1 fully saturated rings. The predicted molar refractivity (Wildman–Crippen MR) is 74.7 cm³/mol. The Morgan fingerprint density at radius 1 is 1.42 bits per heavy atom. The first-order chi connectivity index (χ1) is 9.11. The highest BCUT2D eigenvalue weighted by Gasteiger charge is 2.27. The Morgan fingerprint density at radius 3 is 2.79 bits per heavy atom. The summed E-state index contributed by atoms with van der Waals surface area (Å²) in [6.07, 6.45) is 3.41. The Hall–Kier alpha value is -1.13. The zero-order valence-electron chi connectivity index (χ0n) is 11.7. The van der Waals surface area contributed by atoms with E-state index in [-0.39, 0.29) is 11.9 Å². The van der Waals surface area contributed by atoms with E-state index < -0.39 is 0 Å². The molecule has 0 radical (unpaired) electrons. The summed E-state index contributed by atoms with van der Waals surface area (Å²) in [5.41, 5.74) is 7.05. The van der Waals surface area contributed by atoms with Gasteiger partial charge in [-0.1, -0.05) is 12.5 Å². The van der Waals surface area contributed by atoms with Gasteiger partial charge in [-0.2, -0.15) is 0 Å². The number of hydrogen-bond acceptors (Lipinski definition) is 3. The minimum atomic E-state index is -0.288. The molecular weight excluding hydrogens is 243 g/mol. The number of likely N-dealkylation sites (N-methyl/N-ethyl adjacent to an activating group) is 1. The lowest BCUT2D eigenvalue weighted by atomic mass is 10.1. The molecule has 2 atom stereocenters. The summed E-state index contributed by atoms with van der Waals surface area (Å²) in [4.78, 5) is 2.23. The molecule has 2 unspecified atom stereocenters. The maximum atomic E-state index is 13.8. The summed E-state index contributed by atoms with van der Waals surface area (Å²) in [6.45, 7) is 3.05. The maximum absolute atomic E-state index is 13.8. The van der Waals surface area contributed by atoms with Crippen LogP contribution >= 0.6 is 0 Å². The summed E-state index contributed by atoms with van der Waals surface area (Å²) in [5.74, 6) is 0.0370. The van der Waals surface area contributed by atoms with Crippen molar-refractivity contribution < 1.29 is 9.13 Å². The second-order valence-corrected chi connectivity index (χ2v) is 5.28. The average Bonchev–Trinajstić information content (AvgIpc) is 2.79. The SMILES string of the molecule is CCOc1ccc(CN(C)C2CCCC2N)cc1F. The second kappa shape index (κ2) is 6.35. The van der Waals surface area contributed by atoms with E-state index in [9.17, 15) is 4.39 Å². The maximum Gasteiger partial charge on any atom is 0.165 e. The Balaban J connectivity index is 2.00. The second-order valence-electron chi connectivity index (χ2n) is 5.28. The highest BCUT2D eigenvalue weighted by Crippen LogP contribution is 2.24. The van der Waals surface area contributed by atoms with Gasteiger partial charge in [0, 0.05) is 18.6 Å². The number of halogens is 1. The van der Waals surface area contributed by atoms with Crippen molar-refractivity contribution in [2.45, 2.75) is 44.8 Å². The molecule has 0 aliphatic heterocycles. The van der Waals surface area contributed by atoms with Crippen LogP contribution in [0.2, 0.25) is 0 Å². The van der Waals surface area contributed by atoms with Crippen LogP contribution < -0.4 is 10.5 Å². The fourth-order valence-electron chi connectivity index (χ4n) is 2.84. The molecule has 3 nitrogen and oxygen atoms in total. The van der Waals surface area contributed by atoms with E-state index in [1.165, 1.54) is 6.42 Å². The van der Waals surface area contributed by atoms with Gasteiger partial charge in [-0.15, -0.1) is 0 Å². The van der Waals surface area contributed by atoms with E-state index in [4.69, 9.17) is 10.5 Å². The summed E-state index contributed by atoms with van der Waals surface area (Å²) in [6, 6.07) is 5.84. The first-order valence-corrected chi connectivity index (χ1v) is 6.99. The zero-order valence-corrected chi connectivity index (χ0v) is 11.7. The fraction of sp³-hybridized carbons (Fsp3) is 0.600. The number of hydrogen-bond donors (Lipinski definition) is 1. The molecule has 4 heteroatoms. The van der Waals surface area contributed by atoms with Crippen molar-refractivity contribution in [3.05, 3.63) is 29.6 Å². The topological polar surface area (TPSA) is 38.5 Å². The van der Waals surface area contributed by atoms with Crippen LogP contribution in [-0.2, 0) is 6.54 Å². The highest BCUT2D eigenvalue weighted by molar-refractivity contribution is 5.29. The lowest BCUT2D eigenvalue weighted by Crippen LogP contribution is -2.41. The minimum absolute atomic E-state index is 0.248. The van der Waals surface area contributed by atoms with E-state index in [1.807, 2.05) is 13.0 Å². The van der Waals surface area contributed by atoms with E-state index >= 15 is 0 Å². The minimum Gasteiger partial charge on any atom is -0.491 e. The number of rotatable bonds is 5. The number of nitrogens with zero attached hydrogens (tertiary/aromatic N) is 1. The average molecular weight is 266 g/mol. The van der Waals surface area contributed by atoms with Crippen LogP contribution in [0.4, 0.5) is 4.39 Å². The van der Waals surface area contributed by atoms with E-state index in [2.05, 4.69) is 11.9 Å². The molecule has 19 heavy (non-hydrogen) atoms. The normalized spacial score (nSPS) is 23.0. The molecule has 1 saturated carbocycles. The third kappa shape index (κ3) is 3.45. The van der Waals surface area contributed by atoms with Crippen molar-refractivity contribution in [3.8, 4) is 5.75 Å². The van der Waals surface area contributed by atoms with Gasteiger partial charge in [0.1, 0.15) is 0 Å². The van der Waals surface area contributed by atoms with Crippen LogP contribution in [0.3, 0.4) is 0 Å². The quantitative estimate of drug-likeness (QED) is 0.890. The van der Waals surface area contributed by atoms with E-state index in [1.54, 1.807) is 12.1 Å². The van der Waals surface area contributed by atoms with Crippen molar-refractivity contribution >= 4 is 0 Å². The number of nitrogens with two attached hydrogens (primary N) is 1. The number of benzene rings is 1. The van der Waals surface area contributed by atoms with Gasteiger partial charge < -0.3 is 10.5 Å².